The van der Waals surface area contributed by atoms with Gasteiger partial charge in [-0.05, 0) is 49.3 Å². The van der Waals surface area contributed by atoms with Crippen LogP contribution in [0.1, 0.15) is 65.4 Å². The number of hydrogen-bond acceptors (Lipinski definition) is 6. The molecule has 0 aromatic heterocycles. The Labute approximate surface area is 208 Å². The van der Waals surface area contributed by atoms with Gasteiger partial charge in [0.2, 0.25) is 6.79 Å². The van der Waals surface area contributed by atoms with Crippen LogP contribution in [0.3, 0.4) is 0 Å². The van der Waals surface area contributed by atoms with Gasteiger partial charge in [0.1, 0.15) is 0 Å². The van der Waals surface area contributed by atoms with Crippen LogP contribution in [-0.4, -0.2) is 66.0 Å². The number of benzene rings is 1. The van der Waals surface area contributed by atoms with Crippen molar-refractivity contribution in [3.8, 4) is 11.5 Å². The fraction of sp³-hybridized carbons (Fsp3) is 0.630. The van der Waals surface area contributed by atoms with Gasteiger partial charge in [-0.1, -0.05) is 45.9 Å². The second-order valence-electron chi connectivity index (χ2n) is 10.1. The van der Waals surface area contributed by atoms with E-state index in [0.717, 1.165) is 18.4 Å². The molecule has 0 unspecified atom stereocenters. The van der Waals surface area contributed by atoms with Crippen molar-refractivity contribution in [2.75, 3.05) is 33.0 Å². The Kier molecular flexibility index (Phi) is 9.19. The second kappa shape index (κ2) is 11.9. The maximum atomic E-state index is 13.3. The Bertz CT molecular complexity index is 915. The molecule has 0 bridgehead atoms. The summed E-state index contributed by atoms with van der Waals surface area (Å²) in [4.78, 5) is 33.7. The maximum absolute atomic E-state index is 13.3. The number of allylic oxidation sites excluding steroid dienone is 2. The summed E-state index contributed by atoms with van der Waals surface area (Å²) in [5, 5.41) is 11.8. The highest BCUT2D eigenvalue weighted by molar-refractivity contribution is 5.78. The summed E-state index contributed by atoms with van der Waals surface area (Å²) >= 11 is 0. The Hall–Kier alpha value is -2.58. The first-order valence-corrected chi connectivity index (χ1v) is 12.6. The summed E-state index contributed by atoms with van der Waals surface area (Å²) in [6.45, 7) is 11.9. The Morgan fingerprint density at radius 2 is 1.97 bits per heavy atom. The van der Waals surface area contributed by atoms with Gasteiger partial charge in [-0.3, -0.25) is 19.3 Å². The molecule has 1 aromatic rings. The minimum Gasteiger partial charge on any atom is -0.481 e. The van der Waals surface area contributed by atoms with E-state index in [2.05, 4.69) is 19.9 Å². The van der Waals surface area contributed by atoms with E-state index in [9.17, 15) is 14.7 Å². The number of carbonyl (C=O) groups excluding carboxylic acids is 1. The van der Waals surface area contributed by atoms with Crippen LogP contribution in [0.15, 0.2) is 30.4 Å². The number of ether oxygens (including phenoxy) is 2. The van der Waals surface area contributed by atoms with Crippen LogP contribution < -0.4 is 9.47 Å². The molecule has 0 saturated carbocycles. The fourth-order valence-electron chi connectivity index (χ4n) is 5.20. The summed E-state index contributed by atoms with van der Waals surface area (Å²) < 4.78 is 11.0. The summed E-state index contributed by atoms with van der Waals surface area (Å²) in [5.41, 5.74) is 0.665. The van der Waals surface area contributed by atoms with Crippen molar-refractivity contribution in [3.63, 3.8) is 0 Å². The van der Waals surface area contributed by atoms with Gasteiger partial charge in [0.05, 0.1) is 19.1 Å². The fourth-order valence-corrected chi connectivity index (χ4v) is 5.20. The number of hydroxylamine groups is 2. The summed E-state index contributed by atoms with van der Waals surface area (Å²) in [6.07, 6.45) is 6.31. The molecule has 0 radical (unpaired) electrons. The van der Waals surface area contributed by atoms with E-state index in [1.54, 1.807) is 0 Å². The standard InChI is InChI=1S/C27H40N2O6/c1-6-11-27(4,5)15-21-25(26(31)32)20(19-9-10-22-23(14-19)34-18-33-22)16-28(21)17-24(30)29(12-7-2)35-13-8-3/h6,9-11,14,20-21,25H,7-8,12-13,15-18H2,1-5H3,(H,31,32)/b11-6+/t20-,21+,25-/m1/s1. The van der Waals surface area contributed by atoms with Crippen LogP contribution in [0.25, 0.3) is 0 Å². The molecule has 1 fully saturated rings. The Morgan fingerprint density at radius 1 is 1.23 bits per heavy atom. The number of carboxylic acid groups (broad SMARTS) is 1. The zero-order chi connectivity index (χ0) is 25.6. The largest absolute Gasteiger partial charge is 0.481 e. The Balaban J connectivity index is 1.92. The van der Waals surface area contributed by atoms with Crippen molar-refractivity contribution < 1.29 is 29.0 Å². The molecule has 8 nitrogen and oxygen atoms in total. The van der Waals surface area contributed by atoms with Crippen molar-refractivity contribution in [1.82, 2.24) is 9.96 Å². The van der Waals surface area contributed by atoms with Gasteiger partial charge in [0.15, 0.2) is 11.5 Å². The van der Waals surface area contributed by atoms with Crippen LogP contribution in [-0.2, 0) is 14.4 Å². The zero-order valence-corrected chi connectivity index (χ0v) is 21.7. The number of hydrogen-bond donors (Lipinski definition) is 1. The molecule has 1 amide bonds. The van der Waals surface area contributed by atoms with E-state index >= 15 is 0 Å². The lowest BCUT2D eigenvalue weighted by Gasteiger charge is -2.33. The van der Waals surface area contributed by atoms with Gasteiger partial charge in [-0.25, -0.2) is 5.06 Å². The van der Waals surface area contributed by atoms with Gasteiger partial charge < -0.3 is 14.6 Å². The van der Waals surface area contributed by atoms with Gasteiger partial charge in [-0.2, -0.15) is 0 Å². The van der Waals surface area contributed by atoms with Gasteiger partial charge >= 0.3 is 5.97 Å². The molecule has 1 aromatic carbocycles. The quantitative estimate of drug-likeness (QED) is 0.343. The van der Waals surface area contributed by atoms with E-state index in [0.29, 0.717) is 37.6 Å². The van der Waals surface area contributed by atoms with E-state index < -0.39 is 11.9 Å². The molecule has 1 N–H and O–H groups in total. The number of amides is 1. The minimum atomic E-state index is -0.850. The normalized spacial score (nSPS) is 22.1. The zero-order valence-electron chi connectivity index (χ0n) is 21.7. The topological polar surface area (TPSA) is 88.5 Å². The lowest BCUT2D eigenvalue weighted by atomic mass is 9.77. The lowest BCUT2D eigenvalue weighted by Crippen LogP contribution is -2.45. The highest BCUT2D eigenvalue weighted by Gasteiger charge is 2.48. The smallest absolute Gasteiger partial charge is 0.308 e. The highest BCUT2D eigenvalue weighted by Crippen LogP contribution is 2.45. The van der Waals surface area contributed by atoms with Crippen molar-refractivity contribution in [2.24, 2.45) is 11.3 Å². The molecule has 194 valence electrons. The van der Waals surface area contributed by atoms with Crippen LogP contribution in [0.4, 0.5) is 0 Å². The molecular formula is C27H40N2O6. The van der Waals surface area contributed by atoms with E-state index in [1.165, 1.54) is 5.06 Å². The molecule has 3 atom stereocenters. The average Bonchev–Trinajstić information content (AvgIpc) is 3.40. The van der Waals surface area contributed by atoms with E-state index in [4.69, 9.17) is 14.3 Å². The molecular weight excluding hydrogens is 448 g/mol. The number of rotatable bonds is 12. The first kappa shape index (κ1) is 27.0. The number of nitrogens with zero attached hydrogens (tertiary/aromatic N) is 2. The molecule has 3 rings (SSSR count). The molecule has 35 heavy (non-hydrogen) atoms. The van der Waals surface area contributed by atoms with E-state index in [-0.39, 0.29) is 36.6 Å². The van der Waals surface area contributed by atoms with Crippen LogP contribution in [0, 0.1) is 11.3 Å². The van der Waals surface area contributed by atoms with Crippen LogP contribution >= 0.6 is 0 Å². The van der Waals surface area contributed by atoms with Gasteiger partial charge in [-0.15, -0.1) is 0 Å². The predicted molar refractivity (Wildman–Crippen MR) is 133 cm³/mol. The van der Waals surface area contributed by atoms with Crippen LogP contribution in [0.2, 0.25) is 0 Å². The van der Waals surface area contributed by atoms with Crippen molar-refractivity contribution in [3.05, 3.63) is 35.9 Å². The first-order valence-electron chi connectivity index (χ1n) is 12.6. The van der Waals surface area contributed by atoms with Gasteiger partial charge in [0.25, 0.3) is 5.91 Å². The summed E-state index contributed by atoms with van der Waals surface area (Å²) in [5.74, 6) is -0.629. The van der Waals surface area contributed by atoms with Crippen molar-refractivity contribution >= 4 is 11.9 Å². The summed E-state index contributed by atoms with van der Waals surface area (Å²) in [6, 6.07) is 5.33. The molecule has 2 aliphatic rings. The third-order valence-corrected chi connectivity index (χ3v) is 6.71. The monoisotopic (exact) mass is 488 g/mol. The molecule has 0 spiro atoms. The van der Waals surface area contributed by atoms with E-state index in [1.807, 2.05) is 49.9 Å². The molecule has 1 saturated heterocycles. The number of aliphatic carboxylic acids is 1. The van der Waals surface area contributed by atoms with Crippen LogP contribution in [0.5, 0.6) is 11.5 Å². The minimum absolute atomic E-state index is 0.116. The highest BCUT2D eigenvalue weighted by atomic mass is 16.7. The predicted octanol–water partition coefficient (Wildman–Crippen LogP) is 4.46. The van der Waals surface area contributed by atoms with Crippen molar-refractivity contribution in [1.29, 1.82) is 0 Å². The third kappa shape index (κ3) is 6.55. The molecule has 2 heterocycles. The Morgan fingerprint density at radius 3 is 2.63 bits per heavy atom. The number of fused-ring (bicyclic) bond motifs is 1. The number of likely N-dealkylation sites (tertiary alicyclic amines) is 1. The average molecular weight is 489 g/mol. The number of carbonyl (C=O) groups is 2. The number of carboxylic acids is 1. The molecule has 0 aliphatic carbocycles. The van der Waals surface area contributed by atoms with Crippen molar-refractivity contribution in [2.45, 2.75) is 65.8 Å². The lowest BCUT2D eigenvalue weighted by molar-refractivity contribution is -0.188. The molecule has 8 heteroatoms. The summed E-state index contributed by atoms with van der Waals surface area (Å²) in [7, 11) is 0. The van der Waals surface area contributed by atoms with Gasteiger partial charge in [0, 0.05) is 25.0 Å². The molecule has 2 aliphatic heterocycles. The maximum Gasteiger partial charge on any atom is 0.308 e. The first-order chi connectivity index (χ1) is 16.7. The second-order valence-corrected chi connectivity index (χ2v) is 10.1. The SMILES string of the molecule is C/C=C/C(C)(C)C[C@H]1[C@H](C(=O)O)[C@@H](c2ccc3c(c2)OCO3)CN1CC(=O)N(CCC)OCCC. The third-order valence-electron chi connectivity index (χ3n) is 6.71.